The molecule has 0 N–H and O–H groups in total. The summed E-state index contributed by atoms with van der Waals surface area (Å²) in [6, 6.07) is 64.1. The van der Waals surface area contributed by atoms with Crippen LogP contribution in [0.25, 0.3) is 66.8 Å². The van der Waals surface area contributed by atoms with Crippen molar-refractivity contribution < 1.29 is 0 Å². The van der Waals surface area contributed by atoms with Gasteiger partial charge in [0.1, 0.15) is 0 Å². The Hall–Kier alpha value is -7.89. The number of benzene rings is 6. The van der Waals surface area contributed by atoms with Gasteiger partial charge in [-0.05, 0) is 135 Å². The minimum atomic E-state index is 0.705. The lowest BCUT2D eigenvalue weighted by atomic mass is 9.95. The zero-order chi connectivity index (χ0) is 41.2. The molecular formula is C56H43N5. The Morgan fingerprint density at radius 3 is 1.18 bits per heavy atom. The number of aromatic nitrogens is 3. The van der Waals surface area contributed by atoms with Gasteiger partial charge in [0.2, 0.25) is 0 Å². The van der Waals surface area contributed by atoms with Crippen LogP contribution in [-0.2, 0) is 6.42 Å². The minimum absolute atomic E-state index is 0.705. The fraction of sp³-hybridized carbons (Fsp3) is 0.0536. The highest BCUT2D eigenvalue weighted by molar-refractivity contribution is 6.04. The smallest absolute Gasteiger partial charge is 0.0706 e. The standard InChI is InChI=1S/C56H43N5/c1-40(42-12-3-14-44(32-42)46-16-5-20-50(34-46)54-24-9-29-58-38-54)60-61-56(52-22-7-18-48(36-52)47-17-6-21-51(35-47)55-25-10-30-59-39-55)27-26-41-11-2-13-43(31-41)45-15-4-19-49(33-45)53-23-8-28-57-37-53/h2-25,28-39H,26-27H2,1H3. The fourth-order valence-corrected chi connectivity index (χ4v) is 7.65. The van der Waals surface area contributed by atoms with Gasteiger partial charge in [0.15, 0.2) is 0 Å². The van der Waals surface area contributed by atoms with Crippen molar-refractivity contribution in [3.8, 4) is 66.8 Å². The van der Waals surface area contributed by atoms with E-state index in [0.29, 0.717) is 6.42 Å². The number of hydrogen-bond acceptors (Lipinski definition) is 5. The van der Waals surface area contributed by atoms with E-state index in [9.17, 15) is 0 Å². The topological polar surface area (TPSA) is 63.4 Å². The second-order valence-corrected chi connectivity index (χ2v) is 15.1. The molecule has 0 atom stereocenters. The van der Waals surface area contributed by atoms with Crippen molar-refractivity contribution in [2.45, 2.75) is 19.8 Å². The highest BCUT2D eigenvalue weighted by Gasteiger charge is 2.11. The molecule has 0 unspecified atom stereocenters. The Balaban J connectivity index is 1.03. The van der Waals surface area contributed by atoms with Gasteiger partial charge in [-0.3, -0.25) is 15.0 Å². The van der Waals surface area contributed by atoms with Crippen LogP contribution in [0.3, 0.4) is 0 Å². The van der Waals surface area contributed by atoms with Gasteiger partial charge < -0.3 is 0 Å². The first-order valence-corrected chi connectivity index (χ1v) is 20.6. The molecule has 0 amide bonds. The molecule has 0 fully saturated rings. The van der Waals surface area contributed by atoms with Crippen molar-refractivity contribution in [3.63, 3.8) is 0 Å². The van der Waals surface area contributed by atoms with Crippen molar-refractivity contribution in [3.05, 3.63) is 236 Å². The van der Waals surface area contributed by atoms with Gasteiger partial charge in [-0.2, -0.15) is 10.2 Å². The lowest BCUT2D eigenvalue weighted by Gasteiger charge is -2.11. The van der Waals surface area contributed by atoms with E-state index in [1.54, 1.807) is 12.4 Å². The second kappa shape index (κ2) is 18.4. The van der Waals surface area contributed by atoms with Crippen LogP contribution in [0.1, 0.15) is 30.0 Å². The Bertz CT molecular complexity index is 2970. The van der Waals surface area contributed by atoms with E-state index in [-0.39, 0.29) is 0 Å². The van der Waals surface area contributed by atoms with E-state index < -0.39 is 0 Å². The molecule has 292 valence electrons. The van der Waals surface area contributed by atoms with Gasteiger partial charge in [-0.25, -0.2) is 0 Å². The Morgan fingerprint density at radius 2 is 0.721 bits per heavy atom. The van der Waals surface area contributed by atoms with Crippen LogP contribution in [0.5, 0.6) is 0 Å². The first kappa shape index (κ1) is 38.6. The van der Waals surface area contributed by atoms with E-state index in [2.05, 4.69) is 179 Å². The van der Waals surface area contributed by atoms with Crippen LogP contribution >= 0.6 is 0 Å². The van der Waals surface area contributed by atoms with Crippen LogP contribution in [-0.4, -0.2) is 26.4 Å². The zero-order valence-corrected chi connectivity index (χ0v) is 33.9. The SMILES string of the molecule is CC(=NN=C(CCc1cccc(-c2cccc(-c3cccnc3)c2)c1)c1cccc(-c2cccc(-c3cccnc3)c2)c1)c1cccc(-c2cccc(-c3cccnc3)c2)c1. The first-order chi connectivity index (χ1) is 30.1. The molecule has 0 aliphatic carbocycles. The van der Waals surface area contributed by atoms with E-state index in [0.717, 1.165) is 84.6 Å². The minimum Gasteiger partial charge on any atom is -0.264 e. The van der Waals surface area contributed by atoms with Gasteiger partial charge in [-0.1, -0.05) is 133 Å². The molecule has 6 aromatic carbocycles. The summed E-state index contributed by atoms with van der Waals surface area (Å²) in [4.78, 5) is 13.0. The third-order valence-corrected chi connectivity index (χ3v) is 10.9. The quantitative estimate of drug-likeness (QED) is 0.0915. The van der Waals surface area contributed by atoms with Crippen LogP contribution in [0, 0.1) is 0 Å². The zero-order valence-electron chi connectivity index (χ0n) is 33.9. The molecule has 0 saturated heterocycles. The third kappa shape index (κ3) is 9.38. The maximum absolute atomic E-state index is 5.05. The third-order valence-electron chi connectivity index (χ3n) is 10.9. The molecule has 9 aromatic rings. The molecule has 0 radical (unpaired) electrons. The first-order valence-electron chi connectivity index (χ1n) is 20.6. The summed E-state index contributed by atoms with van der Waals surface area (Å²) < 4.78 is 0. The Morgan fingerprint density at radius 1 is 0.361 bits per heavy atom. The number of aryl methyl sites for hydroxylation is 1. The van der Waals surface area contributed by atoms with Gasteiger partial charge >= 0.3 is 0 Å². The maximum atomic E-state index is 5.05. The van der Waals surface area contributed by atoms with Crippen molar-refractivity contribution >= 4 is 11.4 Å². The summed E-state index contributed by atoms with van der Waals surface area (Å²) in [5.74, 6) is 0. The molecule has 0 spiro atoms. The number of hydrogen-bond donors (Lipinski definition) is 0. The molecule has 0 saturated carbocycles. The summed E-state index contributed by atoms with van der Waals surface area (Å²) in [7, 11) is 0. The molecule has 5 heteroatoms. The van der Waals surface area contributed by atoms with Crippen molar-refractivity contribution in [1.82, 2.24) is 15.0 Å². The van der Waals surface area contributed by atoms with Crippen LogP contribution in [0.4, 0.5) is 0 Å². The molecule has 0 aliphatic heterocycles. The molecule has 3 aromatic heterocycles. The number of nitrogens with zero attached hydrogens (tertiary/aromatic N) is 5. The molecule has 61 heavy (non-hydrogen) atoms. The molecule has 0 aliphatic rings. The summed E-state index contributed by atoms with van der Waals surface area (Å²) >= 11 is 0. The summed E-state index contributed by atoms with van der Waals surface area (Å²) in [6.07, 6.45) is 12.6. The second-order valence-electron chi connectivity index (χ2n) is 15.1. The van der Waals surface area contributed by atoms with Crippen molar-refractivity contribution in [2.24, 2.45) is 10.2 Å². The van der Waals surface area contributed by atoms with Gasteiger partial charge in [0.05, 0.1) is 11.4 Å². The molecule has 0 bridgehead atoms. The Kier molecular flexibility index (Phi) is 11.6. The maximum Gasteiger partial charge on any atom is 0.0706 e. The lowest BCUT2D eigenvalue weighted by Crippen LogP contribution is -2.04. The van der Waals surface area contributed by atoms with E-state index in [1.807, 2.05) is 49.9 Å². The van der Waals surface area contributed by atoms with Gasteiger partial charge in [0, 0.05) is 53.9 Å². The van der Waals surface area contributed by atoms with E-state index in [1.165, 1.54) is 16.7 Å². The van der Waals surface area contributed by atoms with Crippen molar-refractivity contribution in [2.75, 3.05) is 0 Å². The van der Waals surface area contributed by atoms with Crippen LogP contribution < -0.4 is 0 Å². The lowest BCUT2D eigenvalue weighted by molar-refractivity contribution is 1.02. The van der Waals surface area contributed by atoms with Crippen molar-refractivity contribution in [1.29, 1.82) is 0 Å². The van der Waals surface area contributed by atoms with Crippen LogP contribution in [0.15, 0.2) is 229 Å². The summed E-state index contributed by atoms with van der Waals surface area (Å²) in [5.41, 5.74) is 18.6. The predicted molar refractivity (Wildman–Crippen MR) is 252 cm³/mol. The number of rotatable bonds is 12. The number of pyridine rings is 3. The largest absolute Gasteiger partial charge is 0.264 e. The van der Waals surface area contributed by atoms with E-state index in [4.69, 9.17) is 10.2 Å². The van der Waals surface area contributed by atoms with Gasteiger partial charge in [0.25, 0.3) is 0 Å². The fourth-order valence-electron chi connectivity index (χ4n) is 7.65. The van der Waals surface area contributed by atoms with Crippen LogP contribution in [0.2, 0.25) is 0 Å². The Labute approximate surface area is 357 Å². The summed E-state index contributed by atoms with van der Waals surface area (Å²) in [5, 5.41) is 9.98. The van der Waals surface area contributed by atoms with Gasteiger partial charge in [-0.15, -0.1) is 0 Å². The highest BCUT2D eigenvalue weighted by Crippen LogP contribution is 2.30. The molecule has 5 nitrogen and oxygen atoms in total. The highest BCUT2D eigenvalue weighted by atomic mass is 15.2. The molecule has 3 heterocycles. The average molecular weight is 786 g/mol. The summed E-state index contributed by atoms with van der Waals surface area (Å²) in [6.45, 7) is 2.04. The van der Waals surface area contributed by atoms with E-state index >= 15 is 0 Å². The monoisotopic (exact) mass is 785 g/mol. The predicted octanol–water partition coefficient (Wildman–Crippen LogP) is 13.7. The molecule has 9 rings (SSSR count). The normalized spacial score (nSPS) is 11.7. The average Bonchev–Trinajstić information content (AvgIpc) is 3.35. The molecular weight excluding hydrogens is 743 g/mol.